The molecule has 0 fully saturated rings. The molecule has 0 aliphatic heterocycles. The van der Waals surface area contributed by atoms with Crippen molar-refractivity contribution in [1.29, 1.82) is 0 Å². The van der Waals surface area contributed by atoms with Crippen LogP contribution in [0.5, 0.6) is 5.75 Å². The van der Waals surface area contributed by atoms with Crippen LogP contribution in [0.25, 0.3) is 11.1 Å². The lowest BCUT2D eigenvalue weighted by atomic mass is 10.0. The zero-order chi connectivity index (χ0) is 19.6. The van der Waals surface area contributed by atoms with Crippen molar-refractivity contribution >= 4 is 40.8 Å². The number of carbonyl (C=O) groups is 2. The zero-order valence-electron chi connectivity index (χ0n) is 13.7. The summed E-state index contributed by atoms with van der Waals surface area (Å²) >= 11 is 12.1. The Labute approximate surface area is 164 Å². The molecule has 3 aromatic carbocycles. The number of phenols is 1. The lowest BCUT2D eigenvalue weighted by Gasteiger charge is -2.12. The van der Waals surface area contributed by atoms with Crippen LogP contribution in [0, 0.1) is 0 Å². The van der Waals surface area contributed by atoms with Crippen molar-refractivity contribution in [2.45, 2.75) is 0 Å². The molecule has 0 saturated carbocycles. The molecule has 0 unspecified atom stereocenters. The topological polar surface area (TPSA) is 86.6 Å². The van der Waals surface area contributed by atoms with Gasteiger partial charge in [0.1, 0.15) is 5.75 Å². The van der Waals surface area contributed by atoms with Gasteiger partial charge in [0, 0.05) is 21.2 Å². The molecule has 3 aromatic rings. The average molecular weight is 402 g/mol. The Kier molecular flexibility index (Phi) is 5.35. The van der Waals surface area contributed by atoms with E-state index in [1.165, 1.54) is 36.4 Å². The molecule has 7 heteroatoms. The van der Waals surface area contributed by atoms with Gasteiger partial charge >= 0.3 is 5.97 Å². The lowest BCUT2D eigenvalue weighted by molar-refractivity contribution is 0.0698. The standard InChI is InChI=1S/C20H13Cl2NO4/c21-13-4-8-15(17(22)10-13)12-3-7-16(20(26)27)18(9-12)23-19(25)11-1-5-14(24)6-2-11/h1-10,24H,(H,23,25)(H,26,27). The predicted octanol–water partition coefficient (Wildman–Crippen LogP) is 5.32. The quantitative estimate of drug-likeness (QED) is 0.552. The second-order valence-corrected chi connectivity index (χ2v) is 6.53. The number of carboxylic acids is 1. The first-order valence-corrected chi connectivity index (χ1v) is 8.54. The highest BCUT2D eigenvalue weighted by molar-refractivity contribution is 6.36. The first kappa shape index (κ1) is 18.8. The number of nitrogens with one attached hydrogen (secondary N) is 1. The molecule has 0 saturated heterocycles. The van der Waals surface area contributed by atoms with E-state index in [-0.39, 0.29) is 22.6 Å². The summed E-state index contributed by atoms with van der Waals surface area (Å²) in [6.07, 6.45) is 0. The summed E-state index contributed by atoms with van der Waals surface area (Å²) in [5, 5.41) is 22.2. The van der Waals surface area contributed by atoms with Gasteiger partial charge in [-0.05, 0) is 54.1 Å². The molecule has 27 heavy (non-hydrogen) atoms. The van der Waals surface area contributed by atoms with Crippen molar-refractivity contribution in [3.05, 3.63) is 81.8 Å². The number of carbonyl (C=O) groups excluding carboxylic acids is 1. The molecular weight excluding hydrogens is 389 g/mol. The number of phenolic OH excluding ortho intramolecular Hbond substituents is 1. The van der Waals surface area contributed by atoms with E-state index >= 15 is 0 Å². The summed E-state index contributed by atoms with van der Waals surface area (Å²) in [6, 6.07) is 15.1. The molecule has 136 valence electrons. The second-order valence-electron chi connectivity index (χ2n) is 5.69. The number of hydrogen-bond acceptors (Lipinski definition) is 3. The number of halogens is 2. The Morgan fingerprint density at radius 2 is 1.59 bits per heavy atom. The minimum atomic E-state index is -1.18. The molecule has 0 aliphatic rings. The van der Waals surface area contributed by atoms with Gasteiger partial charge in [0.15, 0.2) is 0 Å². The fourth-order valence-electron chi connectivity index (χ4n) is 2.53. The zero-order valence-corrected chi connectivity index (χ0v) is 15.3. The number of anilines is 1. The van der Waals surface area contributed by atoms with Crippen LogP contribution in [0.3, 0.4) is 0 Å². The molecule has 3 N–H and O–H groups in total. The SMILES string of the molecule is O=C(Nc1cc(-c2ccc(Cl)cc2Cl)ccc1C(=O)O)c1ccc(O)cc1. The summed E-state index contributed by atoms with van der Waals surface area (Å²) in [4.78, 5) is 23.9. The first-order chi connectivity index (χ1) is 12.8. The van der Waals surface area contributed by atoms with E-state index in [0.29, 0.717) is 21.2 Å². The summed E-state index contributed by atoms with van der Waals surface area (Å²) in [5.74, 6) is -1.65. The van der Waals surface area contributed by atoms with Crippen molar-refractivity contribution < 1.29 is 19.8 Å². The number of amides is 1. The van der Waals surface area contributed by atoms with Crippen molar-refractivity contribution in [2.75, 3.05) is 5.32 Å². The Morgan fingerprint density at radius 3 is 2.22 bits per heavy atom. The van der Waals surface area contributed by atoms with Gasteiger partial charge in [-0.2, -0.15) is 0 Å². The van der Waals surface area contributed by atoms with E-state index in [1.54, 1.807) is 24.3 Å². The predicted molar refractivity (Wildman–Crippen MR) is 105 cm³/mol. The fraction of sp³-hybridized carbons (Fsp3) is 0. The number of benzene rings is 3. The molecule has 3 rings (SSSR count). The Bertz CT molecular complexity index is 1030. The summed E-state index contributed by atoms with van der Waals surface area (Å²) < 4.78 is 0. The Morgan fingerprint density at radius 1 is 0.889 bits per heavy atom. The van der Waals surface area contributed by atoms with Crippen LogP contribution in [-0.4, -0.2) is 22.1 Å². The van der Waals surface area contributed by atoms with E-state index < -0.39 is 11.9 Å². The second kappa shape index (κ2) is 7.70. The van der Waals surface area contributed by atoms with Gasteiger partial charge in [0.05, 0.1) is 11.3 Å². The van der Waals surface area contributed by atoms with E-state index in [0.717, 1.165) is 0 Å². The van der Waals surface area contributed by atoms with Gasteiger partial charge in [-0.25, -0.2) is 4.79 Å². The maximum Gasteiger partial charge on any atom is 0.337 e. The normalized spacial score (nSPS) is 10.4. The maximum absolute atomic E-state index is 12.4. The summed E-state index contributed by atoms with van der Waals surface area (Å²) in [5.41, 5.74) is 1.62. The van der Waals surface area contributed by atoms with Gasteiger partial charge in [0.25, 0.3) is 5.91 Å². The summed E-state index contributed by atoms with van der Waals surface area (Å²) in [6.45, 7) is 0. The van der Waals surface area contributed by atoms with Crippen molar-refractivity contribution in [3.63, 3.8) is 0 Å². The van der Waals surface area contributed by atoms with Crippen molar-refractivity contribution in [3.8, 4) is 16.9 Å². The van der Waals surface area contributed by atoms with Crippen LogP contribution >= 0.6 is 23.2 Å². The van der Waals surface area contributed by atoms with Crippen LogP contribution < -0.4 is 5.32 Å². The van der Waals surface area contributed by atoms with E-state index in [4.69, 9.17) is 23.2 Å². The molecule has 0 radical (unpaired) electrons. The van der Waals surface area contributed by atoms with Gasteiger partial charge in [-0.15, -0.1) is 0 Å². The smallest absolute Gasteiger partial charge is 0.337 e. The third kappa shape index (κ3) is 4.22. The minimum absolute atomic E-state index is 0.0251. The van der Waals surface area contributed by atoms with E-state index in [1.807, 2.05) is 0 Å². The number of aromatic hydroxyl groups is 1. The molecule has 0 atom stereocenters. The molecule has 0 spiro atoms. The van der Waals surface area contributed by atoms with Gasteiger partial charge < -0.3 is 15.5 Å². The first-order valence-electron chi connectivity index (χ1n) is 7.78. The average Bonchev–Trinajstić information content (AvgIpc) is 2.62. The molecule has 5 nitrogen and oxygen atoms in total. The highest BCUT2D eigenvalue weighted by Crippen LogP contribution is 2.33. The van der Waals surface area contributed by atoms with E-state index in [9.17, 15) is 19.8 Å². The van der Waals surface area contributed by atoms with Crippen molar-refractivity contribution in [1.82, 2.24) is 0 Å². The van der Waals surface area contributed by atoms with E-state index in [2.05, 4.69) is 5.32 Å². The number of aromatic carboxylic acids is 1. The van der Waals surface area contributed by atoms with Gasteiger partial charge in [-0.1, -0.05) is 35.3 Å². The van der Waals surface area contributed by atoms with Crippen LogP contribution in [0.2, 0.25) is 10.0 Å². The highest BCUT2D eigenvalue weighted by atomic mass is 35.5. The van der Waals surface area contributed by atoms with Crippen LogP contribution in [0.4, 0.5) is 5.69 Å². The molecular formula is C20H13Cl2NO4. The number of rotatable bonds is 4. The van der Waals surface area contributed by atoms with Crippen LogP contribution in [-0.2, 0) is 0 Å². The van der Waals surface area contributed by atoms with Crippen LogP contribution in [0.15, 0.2) is 60.7 Å². The Balaban J connectivity index is 2.00. The fourth-order valence-corrected chi connectivity index (χ4v) is 3.05. The highest BCUT2D eigenvalue weighted by Gasteiger charge is 2.16. The summed E-state index contributed by atoms with van der Waals surface area (Å²) in [7, 11) is 0. The molecule has 0 aliphatic carbocycles. The third-order valence-corrected chi connectivity index (χ3v) is 4.42. The monoisotopic (exact) mass is 401 g/mol. The molecule has 0 bridgehead atoms. The minimum Gasteiger partial charge on any atom is -0.508 e. The van der Waals surface area contributed by atoms with Crippen molar-refractivity contribution in [2.24, 2.45) is 0 Å². The lowest BCUT2D eigenvalue weighted by Crippen LogP contribution is -2.14. The maximum atomic E-state index is 12.4. The Hall–Kier alpha value is -3.02. The largest absolute Gasteiger partial charge is 0.508 e. The number of carboxylic acid groups (broad SMARTS) is 1. The van der Waals surface area contributed by atoms with Crippen LogP contribution in [0.1, 0.15) is 20.7 Å². The van der Waals surface area contributed by atoms with Gasteiger partial charge in [0.2, 0.25) is 0 Å². The molecule has 1 amide bonds. The number of hydrogen-bond donors (Lipinski definition) is 3. The molecule has 0 aromatic heterocycles. The molecule has 0 heterocycles. The third-order valence-electron chi connectivity index (χ3n) is 3.87. The van der Waals surface area contributed by atoms with Gasteiger partial charge in [-0.3, -0.25) is 4.79 Å².